The Bertz CT molecular complexity index is 968. The molecule has 4 nitrogen and oxygen atoms in total. The Kier molecular flexibility index (Phi) is 5.28. The Morgan fingerprint density at radius 2 is 1.96 bits per heavy atom. The van der Waals surface area contributed by atoms with E-state index in [1.165, 1.54) is 5.56 Å². The summed E-state index contributed by atoms with van der Waals surface area (Å²) < 4.78 is 7.43. The molecule has 3 aromatic rings. The number of rotatable bonds is 4. The number of nitrogens with zero attached hydrogens (tertiary/aromatic N) is 2. The number of benzene rings is 2. The Morgan fingerprint density at radius 1 is 1.11 bits per heavy atom. The minimum absolute atomic E-state index is 0.513. The van der Waals surface area contributed by atoms with Crippen LogP contribution in [0.15, 0.2) is 42.5 Å². The van der Waals surface area contributed by atoms with E-state index in [0.29, 0.717) is 16.5 Å². The fraction of sp³-hybridized carbons (Fsp3) is 0.286. The molecule has 0 saturated heterocycles. The zero-order chi connectivity index (χ0) is 18.8. The standard InChI is InChI=1S/C21H21Cl2N3O/c1-27-19-11-3-2-7-14(19)13-17-15-8-4-5-12-24-21(15)26(25-17)18-10-6-9-16(22)20(18)23/h2-3,6-7,9-11,24H,4-5,8,12-13H2,1H3. The van der Waals surface area contributed by atoms with Gasteiger partial charge in [0.05, 0.1) is 28.5 Å². The van der Waals surface area contributed by atoms with Crippen molar-refractivity contribution in [3.8, 4) is 11.4 Å². The van der Waals surface area contributed by atoms with Gasteiger partial charge >= 0.3 is 0 Å². The molecule has 1 N–H and O–H groups in total. The molecule has 1 aliphatic heterocycles. The van der Waals surface area contributed by atoms with Crippen molar-refractivity contribution in [2.75, 3.05) is 19.0 Å². The van der Waals surface area contributed by atoms with Gasteiger partial charge in [-0.05, 0) is 37.5 Å². The lowest BCUT2D eigenvalue weighted by molar-refractivity contribution is 0.410. The van der Waals surface area contributed by atoms with E-state index in [4.69, 9.17) is 33.0 Å². The lowest BCUT2D eigenvalue weighted by Gasteiger charge is -2.11. The van der Waals surface area contributed by atoms with E-state index in [9.17, 15) is 0 Å². The first-order valence-corrected chi connectivity index (χ1v) is 9.85. The van der Waals surface area contributed by atoms with Crippen LogP contribution in [0.4, 0.5) is 5.82 Å². The molecule has 2 heterocycles. The summed E-state index contributed by atoms with van der Waals surface area (Å²) in [6.45, 7) is 0.922. The zero-order valence-corrected chi connectivity index (χ0v) is 16.6. The highest BCUT2D eigenvalue weighted by Gasteiger charge is 2.23. The van der Waals surface area contributed by atoms with Gasteiger partial charge in [-0.15, -0.1) is 0 Å². The normalized spacial score (nSPS) is 13.6. The van der Waals surface area contributed by atoms with Gasteiger partial charge in [-0.2, -0.15) is 5.10 Å². The molecule has 0 saturated carbocycles. The van der Waals surface area contributed by atoms with Gasteiger partial charge in [0, 0.05) is 24.1 Å². The lowest BCUT2D eigenvalue weighted by Crippen LogP contribution is -2.07. The van der Waals surface area contributed by atoms with Crippen LogP contribution in [0.2, 0.25) is 10.0 Å². The Morgan fingerprint density at radius 3 is 2.81 bits per heavy atom. The quantitative estimate of drug-likeness (QED) is 0.624. The first-order valence-electron chi connectivity index (χ1n) is 9.10. The predicted molar refractivity (Wildman–Crippen MR) is 111 cm³/mol. The summed E-state index contributed by atoms with van der Waals surface area (Å²) in [5, 5.41) is 9.51. The number of aromatic nitrogens is 2. The van der Waals surface area contributed by atoms with E-state index in [-0.39, 0.29) is 0 Å². The first kappa shape index (κ1) is 18.2. The van der Waals surface area contributed by atoms with Crippen LogP contribution in [0, 0.1) is 0 Å². The smallest absolute Gasteiger partial charge is 0.133 e. The Labute approximate surface area is 169 Å². The van der Waals surface area contributed by atoms with Crippen LogP contribution in [0.5, 0.6) is 5.75 Å². The number of ether oxygens (including phenoxy) is 1. The van der Waals surface area contributed by atoms with Crippen LogP contribution < -0.4 is 10.1 Å². The van der Waals surface area contributed by atoms with Gasteiger partial charge < -0.3 is 10.1 Å². The van der Waals surface area contributed by atoms with Crippen LogP contribution in [0.25, 0.3) is 5.69 Å². The van der Waals surface area contributed by atoms with Gasteiger partial charge in [0.2, 0.25) is 0 Å². The lowest BCUT2D eigenvalue weighted by atomic mass is 10.0. The van der Waals surface area contributed by atoms with E-state index >= 15 is 0 Å². The summed E-state index contributed by atoms with van der Waals surface area (Å²) in [4.78, 5) is 0. The van der Waals surface area contributed by atoms with E-state index in [0.717, 1.165) is 54.3 Å². The fourth-order valence-electron chi connectivity index (χ4n) is 3.58. The Hall–Kier alpha value is -2.17. The van der Waals surface area contributed by atoms with Crippen molar-refractivity contribution in [3.05, 3.63) is 69.3 Å². The number of anilines is 1. The van der Waals surface area contributed by atoms with Gasteiger partial charge in [-0.3, -0.25) is 0 Å². The number of hydrogen-bond donors (Lipinski definition) is 1. The molecule has 1 aromatic heterocycles. The van der Waals surface area contributed by atoms with Gasteiger partial charge in [-0.1, -0.05) is 47.5 Å². The fourth-order valence-corrected chi connectivity index (χ4v) is 3.95. The van der Waals surface area contributed by atoms with Gasteiger partial charge in [0.1, 0.15) is 11.6 Å². The largest absolute Gasteiger partial charge is 0.496 e. The first-order chi connectivity index (χ1) is 13.2. The second kappa shape index (κ2) is 7.83. The van der Waals surface area contributed by atoms with Crippen molar-refractivity contribution in [1.29, 1.82) is 0 Å². The summed E-state index contributed by atoms with van der Waals surface area (Å²) in [5.74, 6) is 1.89. The Balaban J connectivity index is 1.83. The number of methoxy groups -OCH3 is 1. The molecule has 0 unspecified atom stereocenters. The molecule has 0 radical (unpaired) electrons. The third kappa shape index (κ3) is 3.52. The molecule has 0 bridgehead atoms. The van der Waals surface area contributed by atoms with Crippen LogP contribution >= 0.6 is 23.2 Å². The SMILES string of the molecule is COc1ccccc1Cc1nn(-c2cccc(Cl)c2Cl)c2c1CCCCN2. The highest BCUT2D eigenvalue weighted by atomic mass is 35.5. The van der Waals surface area contributed by atoms with Crippen molar-refractivity contribution in [2.45, 2.75) is 25.7 Å². The molecule has 4 rings (SSSR count). The summed E-state index contributed by atoms with van der Waals surface area (Å²) in [5.41, 5.74) is 4.20. The predicted octanol–water partition coefficient (Wildman–Crippen LogP) is 5.53. The van der Waals surface area contributed by atoms with E-state index in [1.807, 2.05) is 35.0 Å². The highest BCUT2D eigenvalue weighted by Crippen LogP contribution is 2.35. The van der Waals surface area contributed by atoms with Crippen molar-refractivity contribution in [2.24, 2.45) is 0 Å². The average molecular weight is 402 g/mol. The van der Waals surface area contributed by atoms with Crippen LogP contribution in [-0.4, -0.2) is 23.4 Å². The maximum Gasteiger partial charge on any atom is 0.133 e. The number of nitrogens with one attached hydrogen (secondary N) is 1. The molecule has 27 heavy (non-hydrogen) atoms. The average Bonchev–Trinajstić information content (AvgIpc) is 2.86. The zero-order valence-electron chi connectivity index (χ0n) is 15.1. The minimum atomic E-state index is 0.513. The maximum absolute atomic E-state index is 6.49. The third-order valence-electron chi connectivity index (χ3n) is 4.92. The highest BCUT2D eigenvalue weighted by molar-refractivity contribution is 6.43. The summed E-state index contributed by atoms with van der Waals surface area (Å²) in [7, 11) is 1.70. The number of hydrogen-bond acceptors (Lipinski definition) is 3. The molecule has 0 spiro atoms. The minimum Gasteiger partial charge on any atom is -0.496 e. The van der Waals surface area contributed by atoms with E-state index in [1.54, 1.807) is 13.2 Å². The summed E-state index contributed by atoms with van der Waals surface area (Å²) in [6, 6.07) is 13.7. The molecule has 2 aromatic carbocycles. The maximum atomic E-state index is 6.49. The number of halogens is 2. The molecule has 0 atom stereocenters. The third-order valence-corrected chi connectivity index (χ3v) is 5.73. The molecule has 1 aliphatic rings. The van der Waals surface area contributed by atoms with Gasteiger partial charge in [0.15, 0.2) is 0 Å². The molecule has 140 valence electrons. The molecular weight excluding hydrogens is 381 g/mol. The second-order valence-corrected chi connectivity index (χ2v) is 7.42. The summed E-state index contributed by atoms with van der Waals surface area (Å²) in [6.07, 6.45) is 3.96. The molecule has 6 heteroatoms. The molecule has 0 fully saturated rings. The number of para-hydroxylation sites is 1. The number of fused-ring (bicyclic) bond motifs is 1. The second-order valence-electron chi connectivity index (χ2n) is 6.63. The van der Waals surface area contributed by atoms with Crippen molar-refractivity contribution in [1.82, 2.24) is 9.78 Å². The van der Waals surface area contributed by atoms with Crippen molar-refractivity contribution < 1.29 is 4.74 Å². The topological polar surface area (TPSA) is 39.1 Å². The van der Waals surface area contributed by atoms with Crippen LogP contribution in [0.3, 0.4) is 0 Å². The van der Waals surface area contributed by atoms with Crippen LogP contribution in [0.1, 0.15) is 29.7 Å². The van der Waals surface area contributed by atoms with E-state index < -0.39 is 0 Å². The van der Waals surface area contributed by atoms with E-state index in [2.05, 4.69) is 11.4 Å². The van der Waals surface area contributed by atoms with Crippen molar-refractivity contribution >= 4 is 29.0 Å². The monoisotopic (exact) mass is 401 g/mol. The van der Waals surface area contributed by atoms with Crippen molar-refractivity contribution in [3.63, 3.8) is 0 Å². The summed E-state index contributed by atoms with van der Waals surface area (Å²) >= 11 is 12.7. The van der Waals surface area contributed by atoms with Gasteiger partial charge in [0.25, 0.3) is 0 Å². The molecule has 0 amide bonds. The molecule has 0 aliphatic carbocycles. The van der Waals surface area contributed by atoms with Gasteiger partial charge in [-0.25, -0.2) is 4.68 Å². The molecular formula is C21H21Cl2N3O. The van der Waals surface area contributed by atoms with Crippen LogP contribution in [-0.2, 0) is 12.8 Å².